The van der Waals surface area contributed by atoms with Gasteiger partial charge in [-0.05, 0) is 24.6 Å². The van der Waals surface area contributed by atoms with Gasteiger partial charge in [0, 0.05) is 24.9 Å². The SMILES string of the molecule is Cc1ncc(CCNC(=O)Cc2ccc3nsnc3c2)[nH]1. The number of carbonyl (C=O) groups is 1. The van der Waals surface area contributed by atoms with E-state index in [-0.39, 0.29) is 5.91 Å². The Labute approximate surface area is 125 Å². The summed E-state index contributed by atoms with van der Waals surface area (Å²) >= 11 is 1.18. The summed E-state index contributed by atoms with van der Waals surface area (Å²) in [6, 6.07) is 5.73. The van der Waals surface area contributed by atoms with Gasteiger partial charge in [-0.15, -0.1) is 0 Å². The van der Waals surface area contributed by atoms with Crippen LogP contribution in [0.4, 0.5) is 0 Å². The number of rotatable bonds is 5. The molecule has 1 aromatic carbocycles. The summed E-state index contributed by atoms with van der Waals surface area (Å²) < 4.78 is 8.32. The van der Waals surface area contributed by atoms with Crippen molar-refractivity contribution in [2.75, 3.05) is 6.54 Å². The van der Waals surface area contributed by atoms with E-state index < -0.39 is 0 Å². The summed E-state index contributed by atoms with van der Waals surface area (Å²) in [5.41, 5.74) is 3.70. The zero-order chi connectivity index (χ0) is 14.7. The average molecular weight is 301 g/mol. The minimum Gasteiger partial charge on any atom is -0.355 e. The lowest BCUT2D eigenvalue weighted by atomic mass is 10.1. The molecule has 0 aliphatic heterocycles. The van der Waals surface area contributed by atoms with Gasteiger partial charge in [-0.1, -0.05) is 6.07 Å². The van der Waals surface area contributed by atoms with E-state index in [0.29, 0.717) is 13.0 Å². The number of amides is 1. The van der Waals surface area contributed by atoms with Gasteiger partial charge in [-0.2, -0.15) is 8.75 Å². The minimum atomic E-state index is 0.00813. The number of H-pyrrole nitrogens is 1. The molecule has 0 saturated heterocycles. The van der Waals surface area contributed by atoms with Gasteiger partial charge in [0.25, 0.3) is 0 Å². The van der Waals surface area contributed by atoms with Crippen molar-refractivity contribution in [3.05, 3.63) is 41.5 Å². The van der Waals surface area contributed by atoms with Crippen LogP contribution in [0.2, 0.25) is 0 Å². The van der Waals surface area contributed by atoms with Crippen LogP contribution in [-0.2, 0) is 17.6 Å². The fraction of sp³-hybridized carbons (Fsp3) is 0.286. The number of fused-ring (bicyclic) bond motifs is 1. The third-order valence-corrected chi connectivity index (χ3v) is 3.71. The van der Waals surface area contributed by atoms with E-state index in [1.165, 1.54) is 11.7 Å². The summed E-state index contributed by atoms with van der Waals surface area (Å²) in [5.74, 6) is 0.898. The van der Waals surface area contributed by atoms with E-state index in [4.69, 9.17) is 0 Å². The molecule has 3 rings (SSSR count). The third kappa shape index (κ3) is 3.43. The Kier molecular flexibility index (Phi) is 3.92. The molecule has 2 heterocycles. The number of aromatic amines is 1. The summed E-state index contributed by atoms with van der Waals surface area (Å²) in [5, 5.41) is 2.91. The molecule has 0 aliphatic carbocycles. The fourth-order valence-corrected chi connectivity index (χ4v) is 2.64. The number of benzene rings is 1. The third-order valence-electron chi connectivity index (χ3n) is 3.15. The van der Waals surface area contributed by atoms with Gasteiger partial charge >= 0.3 is 0 Å². The molecule has 1 amide bonds. The second-order valence-electron chi connectivity index (χ2n) is 4.86. The summed E-state index contributed by atoms with van der Waals surface area (Å²) in [7, 11) is 0. The largest absolute Gasteiger partial charge is 0.355 e. The van der Waals surface area contributed by atoms with Gasteiger partial charge < -0.3 is 10.3 Å². The Morgan fingerprint density at radius 3 is 3.00 bits per heavy atom. The second-order valence-corrected chi connectivity index (χ2v) is 5.39. The topological polar surface area (TPSA) is 83.6 Å². The zero-order valence-corrected chi connectivity index (χ0v) is 12.4. The maximum Gasteiger partial charge on any atom is 0.224 e. The molecule has 0 unspecified atom stereocenters. The van der Waals surface area contributed by atoms with Crippen LogP contribution in [0.15, 0.2) is 24.4 Å². The van der Waals surface area contributed by atoms with Crippen molar-refractivity contribution in [3.8, 4) is 0 Å². The zero-order valence-electron chi connectivity index (χ0n) is 11.6. The molecule has 0 fully saturated rings. The molecule has 6 nitrogen and oxygen atoms in total. The highest BCUT2D eigenvalue weighted by Gasteiger charge is 2.06. The average Bonchev–Trinajstić information content (AvgIpc) is 3.07. The number of aromatic nitrogens is 4. The van der Waals surface area contributed by atoms with Crippen LogP contribution in [0, 0.1) is 6.92 Å². The Morgan fingerprint density at radius 2 is 2.19 bits per heavy atom. The van der Waals surface area contributed by atoms with Crippen LogP contribution < -0.4 is 5.32 Å². The Morgan fingerprint density at radius 1 is 1.33 bits per heavy atom. The molecule has 0 spiro atoms. The summed E-state index contributed by atoms with van der Waals surface area (Å²) in [6.45, 7) is 2.51. The monoisotopic (exact) mass is 301 g/mol. The van der Waals surface area contributed by atoms with Crippen LogP contribution in [0.5, 0.6) is 0 Å². The number of nitrogens with zero attached hydrogens (tertiary/aromatic N) is 3. The molecule has 0 bridgehead atoms. The molecule has 21 heavy (non-hydrogen) atoms. The van der Waals surface area contributed by atoms with E-state index in [1.807, 2.05) is 25.1 Å². The number of imidazole rings is 1. The van der Waals surface area contributed by atoms with Crippen molar-refractivity contribution in [1.29, 1.82) is 0 Å². The van der Waals surface area contributed by atoms with E-state index in [9.17, 15) is 4.79 Å². The van der Waals surface area contributed by atoms with Gasteiger partial charge in [-0.25, -0.2) is 4.98 Å². The standard InChI is InChI=1S/C14H15N5OS/c1-9-16-8-11(17-9)4-5-15-14(20)7-10-2-3-12-13(6-10)19-21-18-12/h2-3,6,8H,4-5,7H2,1H3,(H,15,20)(H,16,17). The van der Waals surface area contributed by atoms with E-state index in [0.717, 1.165) is 34.5 Å². The van der Waals surface area contributed by atoms with Crippen molar-refractivity contribution in [3.63, 3.8) is 0 Å². The number of carbonyl (C=O) groups excluding carboxylic acids is 1. The second kappa shape index (κ2) is 6.01. The van der Waals surface area contributed by atoms with Crippen LogP contribution in [0.25, 0.3) is 11.0 Å². The quantitative estimate of drug-likeness (QED) is 0.750. The number of nitrogens with one attached hydrogen (secondary N) is 2. The Bertz CT molecular complexity index is 763. The Balaban J connectivity index is 1.51. The van der Waals surface area contributed by atoms with Crippen LogP contribution in [0.1, 0.15) is 17.1 Å². The lowest BCUT2D eigenvalue weighted by Crippen LogP contribution is -2.27. The van der Waals surface area contributed by atoms with Crippen LogP contribution in [0.3, 0.4) is 0 Å². The van der Waals surface area contributed by atoms with Crippen molar-refractivity contribution < 1.29 is 4.79 Å². The maximum atomic E-state index is 11.9. The molecule has 0 atom stereocenters. The predicted octanol–water partition coefficient (Wildman–Crippen LogP) is 1.62. The number of hydrogen-bond acceptors (Lipinski definition) is 5. The molecule has 3 aromatic rings. The molecular weight excluding hydrogens is 286 g/mol. The lowest BCUT2D eigenvalue weighted by Gasteiger charge is -2.04. The highest BCUT2D eigenvalue weighted by atomic mass is 32.1. The first-order valence-electron chi connectivity index (χ1n) is 6.69. The minimum absolute atomic E-state index is 0.00813. The van der Waals surface area contributed by atoms with Gasteiger partial charge in [0.1, 0.15) is 16.9 Å². The van der Waals surface area contributed by atoms with Crippen molar-refractivity contribution >= 4 is 28.7 Å². The molecule has 108 valence electrons. The first-order chi connectivity index (χ1) is 10.2. The molecule has 7 heteroatoms. The summed E-state index contributed by atoms with van der Waals surface area (Å²) in [6.07, 6.45) is 2.90. The lowest BCUT2D eigenvalue weighted by molar-refractivity contribution is -0.120. The molecule has 0 saturated carbocycles. The van der Waals surface area contributed by atoms with Gasteiger partial charge in [0.2, 0.25) is 5.91 Å². The normalized spacial score (nSPS) is 10.9. The smallest absolute Gasteiger partial charge is 0.224 e. The van der Waals surface area contributed by atoms with Gasteiger partial charge in [0.15, 0.2) is 0 Å². The summed E-state index contributed by atoms with van der Waals surface area (Å²) in [4.78, 5) is 19.2. The van der Waals surface area contributed by atoms with E-state index in [2.05, 4.69) is 24.0 Å². The molecule has 2 aromatic heterocycles. The number of hydrogen-bond donors (Lipinski definition) is 2. The van der Waals surface area contributed by atoms with Crippen molar-refractivity contribution in [2.24, 2.45) is 0 Å². The van der Waals surface area contributed by atoms with Crippen LogP contribution in [-0.4, -0.2) is 31.2 Å². The van der Waals surface area contributed by atoms with Crippen molar-refractivity contribution in [2.45, 2.75) is 19.8 Å². The maximum absolute atomic E-state index is 11.9. The highest BCUT2D eigenvalue weighted by Crippen LogP contribution is 2.13. The Hall–Kier alpha value is -2.28. The van der Waals surface area contributed by atoms with Crippen molar-refractivity contribution in [1.82, 2.24) is 24.0 Å². The highest BCUT2D eigenvalue weighted by molar-refractivity contribution is 7.00. The van der Waals surface area contributed by atoms with E-state index in [1.54, 1.807) is 6.20 Å². The fourth-order valence-electron chi connectivity index (χ4n) is 2.12. The molecular formula is C14H15N5OS. The molecule has 0 aliphatic rings. The van der Waals surface area contributed by atoms with Gasteiger partial charge in [0.05, 0.1) is 18.1 Å². The first-order valence-corrected chi connectivity index (χ1v) is 7.42. The van der Waals surface area contributed by atoms with Crippen LogP contribution >= 0.6 is 11.7 Å². The van der Waals surface area contributed by atoms with Gasteiger partial charge in [-0.3, -0.25) is 4.79 Å². The number of aryl methyl sites for hydroxylation is 1. The van der Waals surface area contributed by atoms with E-state index >= 15 is 0 Å². The first kappa shape index (κ1) is 13.7. The molecule has 0 radical (unpaired) electrons. The predicted molar refractivity (Wildman–Crippen MR) is 81.2 cm³/mol. The molecule has 2 N–H and O–H groups in total.